The Balaban J connectivity index is 1.82. The highest BCUT2D eigenvalue weighted by Crippen LogP contribution is 2.30. The molecule has 0 bridgehead atoms. The van der Waals surface area contributed by atoms with Crippen LogP contribution in [0.15, 0.2) is 65.7 Å². The van der Waals surface area contributed by atoms with Crippen LogP contribution in [-0.2, 0) is 21.2 Å². The maximum atomic E-state index is 13.0. The Morgan fingerprint density at radius 2 is 1.69 bits per heavy atom. The van der Waals surface area contributed by atoms with Crippen LogP contribution in [-0.4, -0.2) is 28.8 Å². The number of hydrogen-bond donors (Lipinski definition) is 1. The van der Waals surface area contributed by atoms with Crippen LogP contribution in [0.5, 0.6) is 0 Å². The van der Waals surface area contributed by atoms with Gasteiger partial charge in [0.25, 0.3) is 15.3 Å². The summed E-state index contributed by atoms with van der Waals surface area (Å²) in [5, 5.41) is 2.08. The molecule has 0 spiro atoms. The molecule has 2 amide bonds. The van der Waals surface area contributed by atoms with Gasteiger partial charge in [0.1, 0.15) is 0 Å². The summed E-state index contributed by atoms with van der Waals surface area (Å²) in [7, 11) is -3.76. The van der Waals surface area contributed by atoms with Crippen molar-refractivity contribution in [3.63, 3.8) is 0 Å². The number of carbonyl (C=O) groups excluding carboxylic acids is 2. The van der Waals surface area contributed by atoms with Crippen LogP contribution in [0.25, 0.3) is 10.9 Å². The van der Waals surface area contributed by atoms with Crippen LogP contribution in [0, 0.1) is 0 Å². The van der Waals surface area contributed by atoms with Crippen molar-refractivity contribution in [1.29, 1.82) is 0 Å². The molecule has 1 N–H and O–H groups in total. The van der Waals surface area contributed by atoms with Crippen LogP contribution in [0.3, 0.4) is 0 Å². The average Bonchev–Trinajstić information content (AvgIpc) is 3.16. The SMILES string of the molecule is O=C1NC(=O)C(Cc2cn(S(=O)(=O)c3ccccc3)c3ccccc23)S1. The van der Waals surface area contributed by atoms with Gasteiger partial charge >= 0.3 is 0 Å². The summed E-state index contributed by atoms with van der Waals surface area (Å²) in [6.45, 7) is 0. The fraction of sp³-hybridized carbons (Fsp3) is 0.111. The van der Waals surface area contributed by atoms with Crippen molar-refractivity contribution in [3.05, 3.63) is 66.4 Å². The molecule has 1 fully saturated rings. The van der Waals surface area contributed by atoms with E-state index in [0.717, 1.165) is 17.1 Å². The van der Waals surface area contributed by atoms with E-state index < -0.39 is 15.3 Å². The van der Waals surface area contributed by atoms with Gasteiger partial charge in [-0.15, -0.1) is 0 Å². The summed E-state index contributed by atoms with van der Waals surface area (Å²) < 4.78 is 27.3. The van der Waals surface area contributed by atoms with Gasteiger partial charge in [0.2, 0.25) is 5.91 Å². The minimum atomic E-state index is -3.76. The van der Waals surface area contributed by atoms with Crippen LogP contribution < -0.4 is 5.32 Å². The number of nitrogens with zero attached hydrogens (tertiary/aromatic N) is 1. The number of carbonyl (C=O) groups is 2. The van der Waals surface area contributed by atoms with E-state index in [2.05, 4.69) is 5.32 Å². The monoisotopic (exact) mass is 386 g/mol. The second-order valence-electron chi connectivity index (χ2n) is 5.87. The average molecular weight is 386 g/mol. The Morgan fingerprint density at radius 3 is 2.38 bits per heavy atom. The lowest BCUT2D eigenvalue weighted by Crippen LogP contribution is -2.25. The first kappa shape index (κ1) is 16.9. The van der Waals surface area contributed by atoms with Gasteiger partial charge < -0.3 is 0 Å². The standard InChI is InChI=1S/C18H14N2O4S2/c21-17-16(25-18(22)19-17)10-12-11-20(15-9-5-4-8-14(12)15)26(23,24)13-6-2-1-3-7-13/h1-9,11,16H,10H2,(H,19,21,22). The molecule has 0 saturated carbocycles. The van der Waals surface area contributed by atoms with Gasteiger partial charge in [0.05, 0.1) is 15.7 Å². The smallest absolute Gasteiger partial charge is 0.286 e. The number of imide groups is 1. The largest absolute Gasteiger partial charge is 0.286 e. The third kappa shape index (κ3) is 2.81. The topological polar surface area (TPSA) is 85.2 Å². The van der Waals surface area contributed by atoms with Gasteiger partial charge in [-0.05, 0) is 30.2 Å². The van der Waals surface area contributed by atoms with Crippen molar-refractivity contribution in [2.24, 2.45) is 0 Å². The molecule has 132 valence electrons. The van der Waals surface area contributed by atoms with Gasteiger partial charge in [-0.3, -0.25) is 14.9 Å². The molecule has 1 unspecified atom stereocenters. The molecule has 1 atom stereocenters. The quantitative estimate of drug-likeness (QED) is 0.745. The normalized spacial score (nSPS) is 17.6. The summed E-state index contributed by atoms with van der Waals surface area (Å²) in [5.74, 6) is -0.345. The van der Waals surface area contributed by atoms with E-state index in [1.807, 2.05) is 12.1 Å². The van der Waals surface area contributed by atoms with Crippen molar-refractivity contribution in [1.82, 2.24) is 9.29 Å². The third-order valence-electron chi connectivity index (χ3n) is 4.23. The maximum Gasteiger partial charge on any atom is 0.286 e. The predicted octanol–water partition coefficient (Wildman–Crippen LogP) is 2.77. The van der Waals surface area contributed by atoms with Crippen LogP contribution in [0.2, 0.25) is 0 Å². The lowest BCUT2D eigenvalue weighted by Gasteiger charge is -2.07. The zero-order chi connectivity index (χ0) is 18.3. The summed E-state index contributed by atoms with van der Waals surface area (Å²) in [6.07, 6.45) is 1.82. The van der Waals surface area contributed by atoms with Gasteiger partial charge in [-0.2, -0.15) is 0 Å². The third-order valence-corrected chi connectivity index (χ3v) is 6.90. The van der Waals surface area contributed by atoms with Gasteiger partial charge in [0, 0.05) is 11.6 Å². The zero-order valence-electron chi connectivity index (χ0n) is 13.5. The Morgan fingerprint density at radius 1 is 1.00 bits per heavy atom. The minimum absolute atomic E-state index is 0.190. The molecule has 2 aromatic carbocycles. The molecule has 26 heavy (non-hydrogen) atoms. The number of rotatable bonds is 4. The van der Waals surface area contributed by atoms with E-state index in [9.17, 15) is 18.0 Å². The van der Waals surface area contributed by atoms with E-state index in [1.54, 1.807) is 48.7 Å². The van der Waals surface area contributed by atoms with Crippen molar-refractivity contribution >= 4 is 43.8 Å². The molecule has 6 nitrogen and oxygen atoms in total. The number of nitrogens with one attached hydrogen (secondary N) is 1. The highest BCUT2D eigenvalue weighted by molar-refractivity contribution is 8.15. The number of thioether (sulfide) groups is 1. The minimum Gasteiger partial charge on any atom is -0.286 e. The summed E-state index contributed by atoms with van der Waals surface area (Å²) in [6, 6.07) is 15.3. The van der Waals surface area contributed by atoms with Crippen LogP contribution in [0.4, 0.5) is 4.79 Å². The summed E-state index contributed by atoms with van der Waals surface area (Å²) >= 11 is 0.932. The lowest BCUT2D eigenvalue weighted by atomic mass is 10.1. The second kappa shape index (κ2) is 6.30. The maximum absolute atomic E-state index is 13.0. The molecular weight excluding hydrogens is 372 g/mol. The molecule has 1 aliphatic heterocycles. The molecule has 0 radical (unpaired) electrons. The van der Waals surface area contributed by atoms with E-state index in [-0.39, 0.29) is 22.5 Å². The highest BCUT2D eigenvalue weighted by Gasteiger charge is 2.33. The molecule has 8 heteroatoms. The fourth-order valence-electron chi connectivity index (χ4n) is 3.01. The van der Waals surface area contributed by atoms with E-state index in [0.29, 0.717) is 11.1 Å². The molecular formula is C18H14N2O4S2. The Kier molecular flexibility index (Phi) is 4.08. The van der Waals surface area contributed by atoms with Gasteiger partial charge in [0.15, 0.2) is 0 Å². The first-order valence-corrected chi connectivity index (χ1v) is 10.2. The van der Waals surface area contributed by atoms with E-state index in [4.69, 9.17) is 0 Å². The van der Waals surface area contributed by atoms with Crippen LogP contribution >= 0.6 is 11.8 Å². The first-order valence-electron chi connectivity index (χ1n) is 7.88. The Hall–Kier alpha value is -2.58. The van der Waals surface area contributed by atoms with Gasteiger partial charge in [-0.1, -0.05) is 48.2 Å². The molecule has 1 aromatic heterocycles. The Labute approximate surface area is 154 Å². The van der Waals surface area contributed by atoms with E-state index >= 15 is 0 Å². The molecule has 1 saturated heterocycles. The molecule has 0 aliphatic carbocycles. The molecule has 3 aromatic rings. The molecule has 2 heterocycles. The lowest BCUT2D eigenvalue weighted by molar-refractivity contribution is -0.118. The molecule has 1 aliphatic rings. The number of hydrogen-bond acceptors (Lipinski definition) is 5. The van der Waals surface area contributed by atoms with Crippen LogP contribution in [0.1, 0.15) is 5.56 Å². The number of para-hydroxylation sites is 1. The number of amides is 2. The predicted molar refractivity (Wildman–Crippen MR) is 99.6 cm³/mol. The van der Waals surface area contributed by atoms with Crippen molar-refractivity contribution in [2.75, 3.05) is 0 Å². The second-order valence-corrected chi connectivity index (χ2v) is 8.86. The zero-order valence-corrected chi connectivity index (χ0v) is 15.1. The summed E-state index contributed by atoms with van der Waals surface area (Å²) in [5.41, 5.74) is 1.25. The Bertz CT molecular complexity index is 1120. The highest BCUT2D eigenvalue weighted by atomic mass is 32.2. The number of benzene rings is 2. The van der Waals surface area contributed by atoms with E-state index in [1.165, 1.54) is 3.97 Å². The number of fused-ring (bicyclic) bond motifs is 1. The summed E-state index contributed by atoms with van der Waals surface area (Å²) in [4.78, 5) is 23.5. The van der Waals surface area contributed by atoms with Crippen molar-refractivity contribution in [3.8, 4) is 0 Å². The first-order chi connectivity index (χ1) is 12.5. The van der Waals surface area contributed by atoms with Crippen molar-refractivity contribution < 1.29 is 18.0 Å². The van der Waals surface area contributed by atoms with Gasteiger partial charge in [-0.25, -0.2) is 12.4 Å². The number of aromatic nitrogens is 1. The fourth-order valence-corrected chi connectivity index (χ4v) is 5.27. The van der Waals surface area contributed by atoms with Crippen molar-refractivity contribution in [2.45, 2.75) is 16.6 Å². The molecule has 4 rings (SSSR count).